The molecule has 0 aliphatic carbocycles. The van der Waals surface area contributed by atoms with Crippen LogP contribution in [0.3, 0.4) is 0 Å². The molecule has 3 heterocycles. The van der Waals surface area contributed by atoms with Crippen molar-refractivity contribution in [2.24, 2.45) is 0 Å². The molecule has 186 valence electrons. The van der Waals surface area contributed by atoms with Gasteiger partial charge in [0.1, 0.15) is 0 Å². The first-order valence-electron chi connectivity index (χ1n) is 12.4. The average molecular weight is 502 g/mol. The number of ether oxygens (including phenoxy) is 1. The van der Waals surface area contributed by atoms with Crippen LogP contribution in [0.2, 0.25) is 0 Å². The van der Waals surface area contributed by atoms with E-state index in [4.69, 9.17) is 4.74 Å². The number of hydrogen-bond donors (Lipinski definition) is 1. The van der Waals surface area contributed by atoms with E-state index in [2.05, 4.69) is 50.5 Å². The van der Waals surface area contributed by atoms with Crippen molar-refractivity contribution in [1.82, 2.24) is 19.8 Å². The predicted molar refractivity (Wildman–Crippen MR) is 145 cm³/mol. The molecule has 2 aromatic heterocycles. The van der Waals surface area contributed by atoms with E-state index in [0.717, 1.165) is 55.2 Å². The lowest BCUT2D eigenvalue weighted by Crippen LogP contribution is -2.44. The van der Waals surface area contributed by atoms with Crippen molar-refractivity contribution in [1.29, 1.82) is 0 Å². The van der Waals surface area contributed by atoms with Crippen molar-refractivity contribution in [3.8, 4) is 0 Å². The van der Waals surface area contributed by atoms with Crippen LogP contribution >= 0.6 is 11.3 Å². The second-order valence-electron chi connectivity index (χ2n) is 8.86. The number of anilines is 1. The molecule has 0 spiro atoms. The standard InChI is InChI=1S/C28H31N5O2S/c34-28(31-27-30-25-11-4-5-12-26(25)36-27)33(17-16-32-18-20-35-21-19-32)15-13-23(22-8-2-1-3-9-22)24-10-6-7-14-29-24/h1-12,14,23H,13,15-21H2,(H,30,31,34). The van der Waals surface area contributed by atoms with E-state index in [1.54, 1.807) is 0 Å². The number of pyridine rings is 1. The number of nitrogens with zero attached hydrogens (tertiary/aromatic N) is 4. The summed E-state index contributed by atoms with van der Waals surface area (Å²) in [5, 5.41) is 3.68. The van der Waals surface area contributed by atoms with Gasteiger partial charge in [0.15, 0.2) is 5.13 Å². The van der Waals surface area contributed by atoms with Gasteiger partial charge in [-0.15, -0.1) is 0 Å². The van der Waals surface area contributed by atoms with Crippen molar-refractivity contribution >= 4 is 32.7 Å². The first-order valence-corrected chi connectivity index (χ1v) is 13.3. The first-order chi connectivity index (χ1) is 17.8. The number of carbonyl (C=O) groups is 1. The number of rotatable bonds is 9. The zero-order chi connectivity index (χ0) is 24.6. The predicted octanol–water partition coefficient (Wildman–Crippen LogP) is 5.08. The highest BCUT2D eigenvalue weighted by molar-refractivity contribution is 7.22. The molecular formula is C28H31N5O2S. The molecule has 1 N–H and O–H groups in total. The Labute approximate surface area is 215 Å². The maximum absolute atomic E-state index is 13.5. The molecule has 1 aliphatic rings. The van der Waals surface area contributed by atoms with Gasteiger partial charge in [-0.2, -0.15) is 0 Å². The number of morpholine rings is 1. The van der Waals surface area contributed by atoms with Gasteiger partial charge in [0.05, 0.1) is 23.4 Å². The summed E-state index contributed by atoms with van der Waals surface area (Å²) in [6.07, 6.45) is 2.61. The van der Waals surface area contributed by atoms with Gasteiger partial charge in [-0.1, -0.05) is 59.9 Å². The van der Waals surface area contributed by atoms with Crippen LogP contribution in [0.1, 0.15) is 23.6 Å². The molecule has 36 heavy (non-hydrogen) atoms. The Morgan fingerprint density at radius 1 is 1.00 bits per heavy atom. The van der Waals surface area contributed by atoms with Crippen LogP contribution in [0.25, 0.3) is 10.2 Å². The summed E-state index contributed by atoms with van der Waals surface area (Å²) >= 11 is 1.50. The van der Waals surface area contributed by atoms with E-state index in [-0.39, 0.29) is 11.9 Å². The Morgan fingerprint density at radius 3 is 2.56 bits per heavy atom. The Bertz CT molecular complexity index is 1170. The van der Waals surface area contributed by atoms with E-state index in [9.17, 15) is 4.79 Å². The number of carbonyl (C=O) groups excluding carboxylic acids is 1. The fraction of sp³-hybridized carbons (Fsp3) is 0.321. The molecule has 4 aromatic rings. The van der Waals surface area contributed by atoms with Crippen LogP contribution in [0.15, 0.2) is 79.0 Å². The van der Waals surface area contributed by atoms with E-state index < -0.39 is 0 Å². The zero-order valence-corrected chi connectivity index (χ0v) is 21.1. The lowest BCUT2D eigenvalue weighted by atomic mass is 9.92. The Kier molecular flexibility index (Phi) is 8.17. The summed E-state index contributed by atoms with van der Waals surface area (Å²) < 4.78 is 6.55. The van der Waals surface area contributed by atoms with Gasteiger partial charge >= 0.3 is 6.03 Å². The maximum atomic E-state index is 13.5. The van der Waals surface area contributed by atoms with Crippen LogP contribution in [0, 0.1) is 0 Å². The molecule has 8 heteroatoms. The fourth-order valence-corrected chi connectivity index (χ4v) is 5.39. The quantitative estimate of drug-likeness (QED) is 0.346. The lowest BCUT2D eigenvalue weighted by molar-refractivity contribution is 0.0351. The summed E-state index contributed by atoms with van der Waals surface area (Å²) in [7, 11) is 0. The highest BCUT2D eigenvalue weighted by atomic mass is 32.1. The third-order valence-electron chi connectivity index (χ3n) is 6.52. The minimum atomic E-state index is -0.116. The summed E-state index contributed by atoms with van der Waals surface area (Å²) in [5.74, 6) is 0.105. The summed E-state index contributed by atoms with van der Waals surface area (Å²) in [4.78, 5) is 27.0. The monoisotopic (exact) mass is 501 g/mol. The third-order valence-corrected chi connectivity index (χ3v) is 7.47. The molecule has 1 atom stereocenters. The number of hydrogen-bond acceptors (Lipinski definition) is 6. The molecule has 1 fully saturated rings. The topological polar surface area (TPSA) is 70.6 Å². The molecule has 2 amide bonds. The van der Waals surface area contributed by atoms with Crippen molar-refractivity contribution < 1.29 is 9.53 Å². The van der Waals surface area contributed by atoms with Crippen molar-refractivity contribution in [3.63, 3.8) is 0 Å². The van der Waals surface area contributed by atoms with Crippen LogP contribution < -0.4 is 5.32 Å². The number of thiazole rings is 1. The third kappa shape index (κ3) is 6.26. The number of amides is 2. The van der Waals surface area contributed by atoms with E-state index in [1.165, 1.54) is 16.9 Å². The molecule has 0 bridgehead atoms. The van der Waals surface area contributed by atoms with Crippen molar-refractivity contribution in [3.05, 3.63) is 90.3 Å². The van der Waals surface area contributed by atoms with Gasteiger partial charge in [-0.25, -0.2) is 9.78 Å². The van der Waals surface area contributed by atoms with Crippen LogP contribution in [-0.2, 0) is 4.74 Å². The lowest BCUT2D eigenvalue weighted by Gasteiger charge is -2.30. The minimum absolute atomic E-state index is 0.105. The summed E-state index contributed by atoms with van der Waals surface area (Å²) in [6, 6.07) is 24.3. The summed E-state index contributed by atoms with van der Waals surface area (Å²) in [6.45, 7) is 5.34. The minimum Gasteiger partial charge on any atom is -0.379 e. The van der Waals surface area contributed by atoms with Gasteiger partial charge < -0.3 is 9.64 Å². The molecule has 1 aliphatic heterocycles. The van der Waals surface area contributed by atoms with Gasteiger partial charge in [-0.05, 0) is 36.2 Å². The fourth-order valence-electron chi connectivity index (χ4n) is 4.54. The van der Waals surface area contributed by atoms with Gasteiger partial charge in [0, 0.05) is 50.5 Å². The number of nitrogens with one attached hydrogen (secondary N) is 1. The van der Waals surface area contributed by atoms with E-state index >= 15 is 0 Å². The van der Waals surface area contributed by atoms with E-state index in [1.807, 2.05) is 53.6 Å². The Hall–Kier alpha value is -3.33. The number of para-hydroxylation sites is 1. The molecule has 7 nitrogen and oxygen atoms in total. The normalized spacial score (nSPS) is 15.0. The number of fused-ring (bicyclic) bond motifs is 1. The second-order valence-corrected chi connectivity index (χ2v) is 9.90. The SMILES string of the molecule is O=C(Nc1nc2ccccc2s1)N(CCC(c1ccccc1)c1ccccn1)CCN1CCOCC1. The van der Waals surface area contributed by atoms with Gasteiger partial charge in [0.25, 0.3) is 0 Å². The number of benzene rings is 2. The zero-order valence-electron chi connectivity index (χ0n) is 20.3. The van der Waals surface area contributed by atoms with Crippen LogP contribution in [-0.4, -0.2) is 71.7 Å². The molecule has 0 saturated carbocycles. The van der Waals surface area contributed by atoms with Crippen molar-refractivity contribution in [2.75, 3.05) is 51.3 Å². The highest BCUT2D eigenvalue weighted by Gasteiger charge is 2.22. The highest BCUT2D eigenvalue weighted by Crippen LogP contribution is 2.28. The molecule has 0 radical (unpaired) electrons. The maximum Gasteiger partial charge on any atom is 0.323 e. The van der Waals surface area contributed by atoms with Crippen molar-refractivity contribution in [2.45, 2.75) is 12.3 Å². The Balaban J connectivity index is 1.32. The average Bonchev–Trinajstić information content (AvgIpc) is 3.34. The molecule has 2 aromatic carbocycles. The number of aromatic nitrogens is 2. The number of urea groups is 1. The molecule has 5 rings (SSSR count). The molecular weight excluding hydrogens is 470 g/mol. The van der Waals surface area contributed by atoms with Crippen LogP contribution in [0.5, 0.6) is 0 Å². The summed E-state index contributed by atoms with van der Waals surface area (Å²) in [5.41, 5.74) is 3.12. The first kappa shape index (κ1) is 24.4. The molecule has 1 saturated heterocycles. The largest absolute Gasteiger partial charge is 0.379 e. The van der Waals surface area contributed by atoms with E-state index in [0.29, 0.717) is 18.2 Å². The smallest absolute Gasteiger partial charge is 0.323 e. The van der Waals surface area contributed by atoms with Crippen LogP contribution in [0.4, 0.5) is 9.93 Å². The van der Waals surface area contributed by atoms with Gasteiger partial charge in [0.2, 0.25) is 0 Å². The second kappa shape index (κ2) is 12.1. The Morgan fingerprint density at radius 2 is 1.78 bits per heavy atom. The molecule has 1 unspecified atom stereocenters. The van der Waals surface area contributed by atoms with Gasteiger partial charge in [-0.3, -0.25) is 15.2 Å².